The Morgan fingerprint density at radius 2 is 0.915 bits per heavy atom. The Bertz CT molecular complexity index is 3580. The second-order valence-corrected chi connectivity index (χ2v) is 15.5. The number of hydrogen-bond acceptors (Lipinski definition) is 1. The van der Waals surface area contributed by atoms with Gasteiger partial charge in [0.2, 0.25) is 0 Å². The van der Waals surface area contributed by atoms with Crippen molar-refractivity contribution in [2.75, 3.05) is 0 Å². The van der Waals surface area contributed by atoms with Gasteiger partial charge in [-0.25, -0.2) is 4.98 Å². The molecule has 0 amide bonds. The molecule has 0 radical (unpaired) electrons. The van der Waals surface area contributed by atoms with Crippen LogP contribution in [-0.2, 0) is 0 Å². The van der Waals surface area contributed by atoms with Crippen LogP contribution in [0.4, 0.5) is 0 Å². The van der Waals surface area contributed by atoms with Crippen LogP contribution < -0.4 is 0 Å². The van der Waals surface area contributed by atoms with E-state index in [0.29, 0.717) is 0 Å². The van der Waals surface area contributed by atoms with E-state index in [1.54, 1.807) is 0 Å². The molecule has 0 atom stereocenters. The maximum Gasteiger partial charge on any atom is 0.145 e. The monoisotopic (exact) mass is 748 g/mol. The number of nitrogens with zero attached hydrogens (tertiary/aromatic N) is 2. The van der Waals surface area contributed by atoms with Crippen LogP contribution in [0.1, 0.15) is 0 Å². The van der Waals surface area contributed by atoms with Crippen LogP contribution in [0.3, 0.4) is 0 Å². The molecule has 11 aromatic carbocycles. The van der Waals surface area contributed by atoms with E-state index in [9.17, 15) is 0 Å². The zero-order valence-corrected chi connectivity index (χ0v) is 32.2. The van der Waals surface area contributed by atoms with Crippen molar-refractivity contribution in [2.45, 2.75) is 0 Å². The molecule has 0 aliphatic rings. The van der Waals surface area contributed by atoms with Crippen molar-refractivity contribution in [3.63, 3.8) is 0 Å². The number of para-hydroxylation sites is 2. The van der Waals surface area contributed by atoms with Gasteiger partial charge in [-0.05, 0) is 130 Å². The summed E-state index contributed by atoms with van der Waals surface area (Å²) < 4.78 is 2.27. The summed E-state index contributed by atoms with van der Waals surface area (Å²) in [5, 5.41) is 12.6. The molecule has 0 unspecified atom stereocenters. The van der Waals surface area contributed by atoms with Crippen molar-refractivity contribution in [3.8, 4) is 50.5 Å². The molecular weight excluding hydrogens is 713 g/mol. The van der Waals surface area contributed by atoms with Crippen LogP contribution in [0, 0.1) is 0 Å². The summed E-state index contributed by atoms with van der Waals surface area (Å²) in [7, 11) is 0. The van der Waals surface area contributed by atoms with Gasteiger partial charge in [0.05, 0.1) is 11.0 Å². The summed E-state index contributed by atoms with van der Waals surface area (Å²) >= 11 is 0. The third-order valence-electron chi connectivity index (χ3n) is 12.2. The van der Waals surface area contributed by atoms with E-state index in [1.807, 2.05) is 0 Å². The molecule has 12 rings (SSSR count). The van der Waals surface area contributed by atoms with E-state index in [2.05, 4.69) is 223 Å². The number of fused-ring (bicyclic) bond motifs is 7. The van der Waals surface area contributed by atoms with Gasteiger partial charge in [0, 0.05) is 11.3 Å². The van der Waals surface area contributed by atoms with E-state index < -0.39 is 0 Å². The van der Waals surface area contributed by atoms with E-state index in [1.165, 1.54) is 87.2 Å². The SMILES string of the molecule is c1ccc(-c2c3ccccc3c(-c3cccc4c3ccc3cc5ccccc5cc34)c3ccc(-c4ccc(-n5c(-c6ccccc6)nc6ccccc65)cc4)cc23)cc1. The molecule has 2 heteroatoms. The van der Waals surface area contributed by atoms with Crippen molar-refractivity contribution >= 4 is 64.9 Å². The lowest BCUT2D eigenvalue weighted by molar-refractivity contribution is 1.10. The first-order valence-corrected chi connectivity index (χ1v) is 20.3. The van der Waals surface area contributed by atoms with E-state index in [-0.39, 0.29) is 0 Å². The third-order valence-corrected chi connectivity index (χ3v) is 12.2. The molecule has 1 aromatic heterocycles. The molecule has 0 saturated heterocycles. The number of imidazole rings is 1. The maximum atomic E-state index is 5.08. The highest BCUT2D eigenvalue weighted by Gasteiger charge is 2.20. The lowest BCUT2D eigenvalue weighted by Crippen LogP contribution is -1.97. The normalized spacial score (nSPS) is 11.7. The van der Waals surface area contributed by atoms with Gasteiger partial charge in [-0.3, -0.25) is 4.57 Å². The summed E-state index contributed by atoms with van der Waals surface area (Å²) in [5.74, 6) is 0.937. The highest BCUT2D eigenvalue weighted by Crippen LogP contribution is 2.47. The first-order chi connectivity index (χ1) is 29.3. The van der Waals surface area contributed by atoms with Crippen LogP contribution in [0.25, 0.3) is 115 Å². The Kier molecular flexibility index (Phi) is 7.57. The molecule has 0 bridgehead atoms. The number of aromatic nitrogens is 2. The molecule has 12 aromatic rings. The van der Waals surface area contributed by atoms with E-state index >= 15 is 0 Å². The molecule has 0 aliphatic carbocycles. The topological polar surface area (TPSA) is 17.8 Å². The van der Waals surface area contributed by atoms with Crippen LogP contribution in [0.2, 0.25) is 0 Å². The van der Waals surface area contributed by atoms with Crippen molar-refractivity contribution < 1.29 is 0 Å². The van der Waals surface area contributed by atoms with Crippen molar-refractivity contribution in [1.29, 1.82) is 0 Å². The van der Waals surface area contributed by atoms with Gasteiger partial charge in [-0.15, -0.1) is 0 Å². The van der Waals surface area contributed by atoms with Gasteiger partial charge < -0.3 is 0 Å². The lowest BCUT2D eigenvalue weighted by atomic mass is 9.83. The standard InChI is InChI=1S/C57H36N2/c1-3-14-38(15-4-1)55-48-20-9-10-21-49(48)56(47-23-13-22-45-46(47)32-29-43-34-40-18-7-8-19-41(40)35-51(43)45)50-33-28-42(36-52(50)55)37-26-30-44(31-27-37)59-54-25-12-11-24-53(54)58-57(59)39-16-5-2-6-17-39/h1-36H. The minimum Gasteiger partial charge on any atom is -0.292 e. The molecule has 59 heavy (non-hydrogen) atoms. The summed E-state index contributed by atoms with van der Waals surface area (Å²) in [5.41, 5.74) is 11.6. The molecule has 0 fully saturated rings. The molecule has 274 valence electrons. The van der Waals surface area contributed by atoms with Crippen molar-refractivity contribution in [2.24, 2.45) is 0 Å². The van der Waals surface area contributed by atoms with Crippen molar-refractivity contribution in [1.82, 2.24) is 9.55 Å². The predicted octanol–water partition coefficient (Wildman–Crippen LogP) is 15.5. The summed E-state index contributed by atoms with van der Waals surface area (Å²) in [4.78, 5) is 5.08. The van der Waals surface area contributed by atoms with Crippen LogP contribution in [0.15, 0.2) is 218 Å². The summed E-state index contributed by atoms with van der Waals surface area (Å²) in [6.07, 6.45) is 0. The molecule has 0 spiro atoms. The van der Waals surface area contributed by atoms with E-state index in [0.717, 1.165) is 28.1 Å². The van der Waals surface area contributed by atoms with Gasteiger partial charge in [-0.1, -0.05) is 176 Å². The largest absolute Gasteiger partial charge is 0.292 e. The van der Waals surface area contributed by atoms with Gasteiger partial charge in [0.15, 0.2) is 0 Å². The summed E-state index contributed by atoms with van der Waals surface area (Å²) in [6, 6.07) is 79.6. The number of rotatable bonds is 5. The van der Waals surface area contributed by atoms with Crippen LogP contribution in [0.5, 0.6) is 0 Å². The highest BCUT2D eigenvalue weighted by atomic mass is 15.1. The smallest absolute Gasteiger partial charge is 0.145 e. The molecular formula is C57H36N2. The predicted molar refractivity (Wildman–Crippen MR) is 250 cm³/mol. The van der Waals surface area contributed by atoms with Crippen LogP contribution >= 0.6 is 0 Å². The van der Waals surface area contributed by atoms with Gasteiger partial charge in [-0.2, -0.15) is 0 Å². The molecule has 1 heterocycles. The average molecular weight is 749 g/mol. The Hall–Kier alpha value is -7.81. The Morgan fingerprint density at radius 3 is 1.71 bits per heavy atom. The zero-order valence-electron chi connectivity index (χ0n) is 32.2. The van der Waals surface area contributed by atoms with E-state index in [4.69, 9.17) is 4.98 Å². The van der Waals surface area contributed by atoms with Gasteiger partial charge >= 0.3 is 0 Å². The Balaban J connectivity index is 1.08. The quantitative estimate of drug-likeness (QED) is 0.127. The second-order valence-electron chi connectivity index (χ2n) is 15.5. The fourth-order valence-electron chi connectivity index (χ4n) is 9.43. The third kappa shape index (κ3) is 5.38. The minimum absolute atomic E-state index is 0.937. The Labute approximate surface area is 341 Å². The van der Waals surface area contributed by atoms with Gasteiger partial charge in [0.25, 0.3) is 0 Å². The Morgan fingerprint density at radius 1 is 0.305 bits per heavy atom. The fourth-order valence-corrected chi connectivity index (χ4v) is 9.43. The second kappa shape index (κ2) is 13.4. The van der Waals surface area contributed by atoms with Crippen LogP contribution in [-0.4, -0.2) is 9.55 Å². The summed E-state index contributed by atoms with van der Waals surface area (Å²) in [6.45, 7) is 0. The molecule has 0 aliphatic heterocycles. The molecule has 2 nitrogen and oxygen atoms in total. The first-order valence-electron chi connectivity index (χ1n) is 20.3. The fraction of sp³-hybridized carbons (Fsp3) is 0. The van der Waals surface area contributed by atoms with Crippen molar-refractivity contribution in [3.05, 3.63) is 218 Å². The molecule has 0 N–H and O–H groups in total. The zero-order chi connectivity index (χ0) is 38.9. The average Bonchev–Trinajstić information content (AvgIpc) is 3.70. The maximum absolute atomic E-state index is 5.08. The number of hydrogen-bond donors (Lipinski definition) is 0. The van der Waals surface area contributed by atoms with Gasteiger partial charge in [0.1, 0.15) is 5.82 Å². The lowest BCUT2D eigenvalue weighted by Gasteiger charge is -2.20. The minimum atomic E-state index is 0.937. The first kappa shape index (κ1) is 33.3. The molecule has 0 saturated carbocycles. The number of benzene rings is 11. The highest BCUT2D eigenvalue weighted by molar-refractivity contribution is 6.25.